The summed E-state index contributed by atoms with van der Waals surface area (Å²) in [7, 11) is 1.43. The van der Waals surface area contributed by atoms with E-state index in [2.05, 4.69) is 10.6 Å². The van der Waals surface area contributed by atoms with Crippen LogP contribution in [0.4, 0.5) is 18.0 Å². The lowest BCUT2D eigenvalue weighted by molar-refractivity contribution is -0.137. The third kappa shape index (κ3) is 3.45. The molecule has 0 spiro atoms. The van der Waals surface area contributed by atoms with Crippen molar-refractivity contribution in [3.63, 3.8) is 0 Å². The summed E-state index contributed by atoms with van der Waals surface area (Å²) in [6.07, 6.45) is -4.36. The van der Waals surface area contributed by atoms with Crippen molar-refractivity contribution in [2.75, 3.05) is 7.05 Å². The predicted octanol–water partition coefficient (Wildman–Crippen LogP) is 2.13. The number of carbonyl (C=O) groups is 1. The van der Waals surface area contributed by atoms with Gasteiger partial charge in [-0.3, -0.25) is 0 Å². The Kier molecular flexibility index (Phi) is 3.76. The number of alkyl halides is 3. The summed E-state index contributed by atoms with van der Waals surface area (Å²) >= 11 is 0. The number of hydrogen-bond donors (Lipinski definition) is 2. The van der Waals surface area contributed by atoms with Crippen LogP contribution in [0.3, 0.4) is 0 Å². The van der Waals surface area contributed by atoms with Gasteiger partial charge in [0.25, 0.3) is 0 Å². The Labute approximate surface area is 90.6 Å². The lowest BCUT2D eigenvalue weighted by Gasteiger charge is -2.09. The number of nitrogens with one attached hydrogen (secondary N) is 2. The minimum atomic E-state index is -4.36. The Morgan fingerprint density at radius 1 is 1.38 bits per heavy atom. The molecule has 0 radical (unpaired) electrons. The Morgan fingerprint density at radius 3 is 2.62 bits per heavy atom. The summed E-state index contributed by atoms with van der Waals surface area (Å²) in [4.78, 5) is 10.8. The van der Waals surface area contributed by atoms with Gasteiger partial charge in [-0.25, -0.2) is 4.79 Å². The largest absolute Gasteiger partial charge is 0.416 e. The van der Waals surface area contributed by atoms with Gasteiger partial charge in [-0.1, -0.05) is 12.1 Å². The van der Waals surface area contributed by atoms with Gasteiger partial charge in [-0.05, 0) is 17.7 Å². The predicted molar refractivity (Wildman–Crippen MR) is 52.7 cm³/mol. The second-order valence-electron chi connectivity index (χ2n) is 3.13. The number of hydrogen-bond acceptors (Lipinski definition) is 1. The van der Waals surface area contributed by atoms with Crippen molar-refractivity contribution in [2.45, 2.75) is 12.7 Å². The number of urea groups is 1. The molecule has 0 fully saturated rings. The van der Waals surface area contributed by atoms with Gasteiger partial charge in [-0.2, -0.15) is 13.2 Å². The zero-order chi connectivity index (χ0) is 12.2. The van der Waals surface area contributed by atoms with E-state index in [1.165, 1.54) is 19.2 Å². The molecule has 2 amide bonds. The Bertz CT molecular complexity index is 377. The number of halogens is 3. The molecule has 0 aliphatic rings. The van der Waals surface area contributed by atoms with Crippen molar-refractivity contribution in [3.8, 4) is 0 Å². The molecule has 6 heteroatoms. The van der Waals surface area contributed by atoms with Crippen molar-refractivity contribution in [1.82, 2.24) is 10.6 Å². The van der Waals surface area contributed by atoms with Crippen LogP contribution < -0.4 is 10.6 Å². The van der Waals surface area contributed by atoms with Crippen molar-refractivity contribution in [3.05, 3.63) is 35.4 Å². The molecule has 16 heavy (non-hydrogen) atoms. The van der Waals surface area contributed by atoms with Crippen molar-refractivity contribution in [1.29, 1.82) is 0 Å². The highest BCUT2D eigenvalue weighted by atomic mass is 19.4. The average Bonchev–Trinajstić information content (AvgIpc) is 2.25. The van der Waals surface area contributed by atoms with Crippen molar-refractivity contribution >= 4 is 6.03 Å². The van der Waals surface area contributed by atoms with E-state index in [0.29, 0.717) is 5.56 Å². The molecule has 1 aromatic carbocycles. The molecule has 1 rings (SSSR count). The maximum atomic E-state index is 12.3. The number of rotatable bonds is 2. The standard InChI is InChI=1S/C10H11F3N2O/c1-14-9(16)15-6-7-3-2-4-8(5-7)10(11,12)13/h2-5H,6H2,1H3,(H2,14,15,16). The first kappa shape index (κ1) is 12.4. The molecule has 0 bridgehead atoms. The van der Waals surface area contributed by atoms with E-state index in [-0.39, 0.29) is 6.54 Å². The highest BCUT2D eigenvalue weighted by Crippen LogP contribution is 2.29. The summed E-state index contributed by atoms with van der Waals surface area (Å²) < 4.78 is 37.0. The van der Waals surface area contributed by atoms with Crippen LogP contribution in [-0.4, -0.2) is 13.1 Å². The minimum absolute atomic E-state index is 0.0591. The minimum Gasteiger partial charge on any atom is -0.341 e. The van der Waals surface area contributed by atoms with Gasteiger partial charge in [-0.15, -0.1) is 0 Å². The lowest BCUT2D eigenvalue weighted by atomic mass is 10.1. The van der Waals surface area contributed by atoms with Crippen LogP contribution in [0.15, 0.2) is 24.3 Å². The number of benzene rings is 1. The smallest absolute Gasteiger partial charge is 0.341 e. The fraction of sp³-hybridized carbons (Fsp3) is 0.300. The van der Waals surface area contributed by atoms with Crippen molar-refractivity contribution in [2.24, 2.45) is 0 Å². The Balaban J connectivity index is 2.72. The van der Waals surface area contributed by atoms with Gasteiger partial charge in [0, 0.05) is 13.6 Å². The van der Waals surface area contributed by atoms with Crippen LogP contribution in [-0.2, 0) is 12.7 Å². The maximum absolute atomic E-state index is 12.3. The summed E-state index contributed by atoms with van der Waals surface area (Å²) in [6.45, 7) is 0.0591. The molecule has 0 saturated heterocycles. The second-order valence-corrected chi connectivity index (χ2v) is 3.13. The van der Waals surface area contributed by atoms with E-state index >= 15 is 0 Å². The third-order valence-corrected chi connectivity index (χ3v) is 1.93. The van der Waals surface area contributed by atoms with Crippen LogP contribution in [0.5, 0.6) is 0 Å². The van der Waals surface area contributed by atoms with Gasteiger partial charge in [0.2, 0.25) is 0 Å². The topological polar surface area (TPSA) is 41.1 Å². The molecular weight excluding hydrogens is 221 g/mol. The average molecular weight is 232 g/mol. The van der Waals surface area contributed by atoms with Crippen molar-refractivity contribution < 1.29 is 18.0 Å². The second kappa shape index (κ2) is 4.87. The summed E-state index contributed by atoms with van der Waals surface area (Å²) in [5.41, 5.74) is -0.317. The number of carbonyl (C=O) groups excluding carboxylic acids is 1. The molecule has 0 aliphatic heterocycles. The first-order valence-corrected chi connectivity index (χ1v) is 4.55. The highest BCUT2D eigenvalue weighted by molar-refractivity contribution is 5.73. The fourth-order valence-electron chi connectivity index (χ4n) is 1.13. The molecule has 2 N–H and O–H groups in total. The van der Waals surface area contributed by atoms with Gasteiger partial charge >= 0.3 is 12.2 Å². The lowest BCUT2D eigenvalue weighted by Crippen LogP contribution is -2.32. The Hall–Kier alpha value is -1.72. The quantitative estimate of drug-likeness (QED) is 0.805. The SMILES string of the molecule is CNC(=O)NCc1cccc(C(F)(F)F)c1. The monoisotopic (exact) mass is 232 g/mol. The van der Waals surface area contributed by atoms with Crippen LogP contribution in [0.1, 0.15) is 11.1 Å². The molecule has 0 aromatic heterocycles. The summed E-state index contributed by atoms with van der Waals surface area (Å²) in [5.74, 6) is 0. The number of amides is 2. The van der Waals surface area contributed by atoms with Crippen LogP contribution in [0, 0.1) is 0 Å². The van der Waals surface area contributed by atoms with Gasteiger partial charge in [0.15, 0.2) is 0 Å². The normalized spacial score (nSPS) is 11.0. The molecule has 88 valence electrons. The Morgan fingerprint density at radius 2 is 2.06 bits per heavy atom. The molecule has 3 nitrogen and oxygen atoms in total. The van der Waals surface area contributed by atoms with Crippen LogP contribution >= 0.6 is 0 Å². The fourth-order valence-corrected chi connectivity index (χ4v) is 1.13. The molecule has 0 heterocycles. The zero-order valence-corrected chi connectivity index (χ0v) is 8.56. The van der Waals surface area contributed by atoms with E-state index in [1.807, 2.05) is 0 Å². The molecule has 0 atom stereocenters. The van der Waals surface area contributed by atoms with Gasteiger partial charge in [0.1, 0.15) is 0 Å². The maximum Gasteiger partial charge on any atom is 0.416 e. The van der Waals surface area contributed by atoms with Gasteiger partial charge < -0.3 is 10.6 Å². The molecule has 0 saturated carbocycles. The highest BCUT2D eigenvalue weighted by Gasteiger charge is 2.30. The van der Waals surface area contributed by atoms with Crippen LogP contribution in [0.25, 0.3) is 0 Å². The first-order valence-electron chi connectivity index (χ1n) is 4.55. The van der Waals surface area contributed by atoms with E-state index in [0.717, 1.165) is 12.1 Å². The van der Waals surface area contributed by atoms with Gasteiger partial charge in [0.05, 0.1) is 5.56 Å². The van der Waals surface area contributed by atoms with E-state index in [4.69, 9.17) is 0 Å². The third-order valence-electron chi connectivity index (χ3n) is 1.93. The molecule has 0 aliphatic carbocycles. The summed E-state index contributed by atoms with van der Waals surface area (Å²) in [6, 6.07) is 4.39. The van der Waals surface area contributed by atoms with Crippen LogP contribution in [0.2, 0.25) is 0 Å². The van der Waals surface area contributed by atoms with E-state index in [9.17, 15) is 18.0 Å². The zero-order valence-electron chi connectivity index (χ0n) is 8.56. The first-order chi connectivity index (χ1) is 7.43. The summed E-state index contributed by atoms with van der Waals surface area (Å²) in [5, 5.41) is 4.72. The van der Waals surface area contributed by atoms with E-state index < -0.39 is 17.8 Å². The molecular formula is C10H11F3N2O. The van der Waals surface area contributed by atoms with E-state index in [1.54, 1.807) is 0 Å². The molecule has 1 aromatic rings. The molecule has 0 unspecified atom stereocenters.